The van der Waals surface area contributed by atoms with Crippen molar-refractivity contribution in [2.24, 2.45) is 0 Å². The van der Waals surface area contributed by atoms with E-state index in [-0.39, 0.29) is 17.3 Å². The number of carbonyl (C=O) groups is 1. The Kier molecular flexibility index (Phi) is 6.79. The molecule has 2 aromatic carbocycles. The molecular formula is C22H20F3N5OS. The van der Waals surface area contributed by atoms with E-state index in [1.807, 2.05) is 0 Å². The number of nitrogens with zero attached hydrogens (tertiary/aromatic N) is 4. The molecule has 1 aliphatic rings. The van der Waals surface area contributed by atoms with Crippen molar-refractivity contribution in [2.75, 3.05) is 47.0 Å². The van der Waals surface area contributed by atoms with Gasteiger partial charge in [0.05, 0.1) is 11.4 Å². The Labute approximate surface area is 187 Å². The number of amides is 1. The van der Waals surface area contributed by atoms with Crippen LogP contribution in [0.2, 0.25) is 0 Å². The maximum absolute atomic E-state index is 13.7. The third-order valence-corrected chi connectivity index (χ3v) is 5.93. The second kappa shape index (κ2) is 9.90. The highest BCUT2D eigenvalue weighted by molar-refractivity contribution is 8.00. The van der Waals surface area contributed by atoms with Gasteiger partial charge in [-0.3, -0.25) is 4.79 Å². The van der Waals surface area contributed by atoms with Gasteiger partial charge < -0.3 is 15.1 Å². The van der Waals surface area contributed by atoms with Crippen molar-refractivity contribution < 1.29 is 18.0 Å². The lowest BCUT2D eigenvalue weighted by molar-refractivity contribution is -0.113. The molecule has 32 heavy (non-hydrogen) atoms. The lowest BCUT2D eigenvalue weighted by Crippen LogP contribution is -2.47. The van der Waals surface area contributed by atoms with E-state index in [1.54, 1.807) is 24.5 Å². The number of aromatic nitrogens is 2. The van der Waals surface area contributed by atoms with Crippen LogP contribution in [0.25, 0.3) is 0 Å². The molecule has 1 saturated heterocycles. The summed E-state index contributed by atoms with van der Waals surface area (Å²) in [6.45, 7) is 2.83. The Morgan fingerprint density at radius 1 is 0.906 bits per heavy atom. The molecule has 166 valence electrons. The zero-order valence-electron chi connectivity index (χ0n) is 17.0. The fraction of sp³-hybridized carbons (Fsp3) is 0.227. The number of halogens is 3. The first-order valence-electron chi connectivity index (χ1n) is 9.94. The van der Waals surface area contributed by atoms with Crippen LogP contribution in [-0.2, 0) is 4.79 Å². The van der Waals surface area contributed by atoms with Gasteiger partial charge in [-0.15, -0.1) is 0 Å². The molecule has 4 rings (SSSR count). The molecule has 0 unspecified atom stereocenters. The van der Waals surface area contributed by atoms with Gasteiger partial charge in [-0.25, -0.2) is 23.1 Å². The lowest BCUT2D eigenvalue weighted by atomic mass is 10.2. The average molecular weight is 459 g/mol. The SMILES string of the molecule is O=C(CSc1nccnc1N1CCN(c2ccc(F)cc2)CC1)Nc1cc(F)ccc1F. The minimum absolute atomic E-state index is 0.0306. The van der Waals surface area contributed by atoms with Gasteiger partial charge in [0.2, 0.25) is 5.91 Å². The Bertz CT molecular complexity index is 1090. The molecule has 1 aliphatic heterocycles. The molecule has 3 aromatic rings. The second-order valence-corrected chi connectivity index (χ2v) is 8.06. The third-order valence-electron chi connectivity index (χ3n) is 4.96. The summed E-state index contributed by atoms with van der Waals surface area (Å²) in [4.78, 5) is 25.3. The largest absolute Gasteiger partial charge is 0.368 e. The zero-order chi connectivity index (χ0) is 22.5. The Morgan fingerprint density at radius 2 is 1.56 bits per heavy atom. The molecule has 0 atom stereocenters. The number of hydrogen-bond donors (Lipinski definition) is 1. The predicted octanol–water partition coefficient (Wildman–Crippen LogP) is 3.95. The smallest absolute Gasteiger partial charge is 0.234 e. The van der Waals surface area contributed by atoms with E-state index < -0.39 is 17.5 Å². The second-order valence-electron chi connectivity index (χ2n) is 7.10. The normalized spacial score (nSPS) is 13.8. The minimum atomic E-state index is -0.705. The van der Waals surface area contributed by atoms with E-state index >= 15 is 0 Å². The van der Waals surface area contributed by atoms with Gasteiger partial charge >= 0.3 is 0 Å². The van der Waals surface area contributed by atoms with Gasteiger partial charge in [0.25, 0.3) is 0 Å². The standard InChI is InChI=1S/C22H20F3N5OS/c23-15-1-4-17(5-2-15)29-9-11-30(12-10-29)21-22(27-8-7-26-21)32-14-20(31)28-19-13-16(24)3-6-18(19)25/h1-8,13H,9-12,14H2,(H,28,31). The molecule has 0 spiro atoms. The van der Waals surface area contributed by atoms with Crippen molar-refractivity contribution >= 4 is 34.9 Å². The van der Waals surface area contributed by atoms with E-state index in [1.165, 1.54) is 23.9 Å². The molecule has 0 saturated carbocycles. The number of carbonyl (C=O) groups excluding carboxylic acids is 1. The number of benzene rings is 2. The number of nitrogens with one attached hydrogen (secondary N) is 1. The molecule has 0 aliphatic carbocycles. The number of rotatable bonds is 6. The highest BCUT2D eigenvalue weighted by Gasteiger charge is 2.22. The molecular weight excluding hydrogens is 439 g/mol. The first-order chi connectivity index (χ1) is 15.5. The number of anilines is 3. The average Bonchev–Trinajstić information content (AvgIpc) is 2.81. The van der Waals surface area contributed by atoms with Crippen molar-refractivity contribution in [3.05, 3.63) is 72.3 Å². The van der Waals surface area contributed by atoms with Gasteiger partial charge in [0.1, 0.15) is 22.5 Å². The first-order valence-corrected chi connectivity index (χ1v) is 10.9. The van der Waals surface area contributed by atoms with Crippen LogP contribution in [0, 0.1) is 17.5 Å². The van der Waals surface area contributed by atoms with E-state index in [0.717, 1.165) is 37.0 Å². The lowest BCUT2D eigenvalue weighted by Gasteiger charge is -2.37. The van der Waals surface area contributed by atoms with Crippen LogP contribution in [0.1, 0.15) is 0 Å². The van der Waals surface area contributed by atoms with Crippen molar-refractivity contribution in [3.8, 4) is 0 Å². The van der Waals surface area contributed by atoms with E-state index in [4.69, 9.17) is 0 Å². The van der Waals surface area contributed by atoms with Crippen molar-refractivity contribution in [3.63, 3.8) is 0 Å². The Hall–Kier alpha value is -3.27. The van der Waals surface area contributed by atoms with Gasteiger partial charge in [0, 0.05) is 50.3 Å². The monoisotopic (exact) mass is 459 g/mol. The topological polar surface area (TPSA) is 61.4 Å². The van der Waals surface area contributed by atoms with E-state index in [0.29, 0.717) is 23.9 Å². The van der Waals surface area contributed by atoms with Gasteiger partial charge in [0.15, 0.2) is 5.82 Å². The fourth-order valence-corrected chi connectivity index (χ4v) is 4.16. The van der Waals surface area contributed by atoms with Crippen LogP contribution in [0.15, 0.2) is 59.9 Å². The molecule has 1 amide bonds. The van der Waals surface area contributed by atoms with E-state index in [9.17, 15) is 18.0 Å². The van der Waals surface area contributed by atoms with Crippen LogP contribution >= 0.6 is 11.8 Å². The van der Waals surface area contributed by atoms with Crippen molar-refractivity contribution in [1.82, 2.24) is 9.97 Å². The summed E-state index contributed by atoms with van der Waals surface area (Å²) >= 11 is 1.18. The van der Waals surface area contributed by atoms with Crippen LogP contribution in [-0.4, -0.2) is 47.8 Å². The fourth-order valence-electron chi connectivity index (χ4n) is 3.38. The third kappa shape index (κ3) is 5.31. The predicted molar refractivity (Wildman–Crippen MR) is 119 cm³/mol. The van der Waals surface area contributed by atoms with Crippen LogP contribution in [0.5, 0.6) is 0 Å². The molecule has 1 aromatic heterocycles. The molecule has 2 heterocycles. The number of piperazine rings is 1. The zero-order valence-corrected chi connectivity index (χ0v) is 17.8. The Morgan fingerprint density at radius 3 is 2.31 bits per heavy atom. The molecule has 6 nitrogen and oxygen atoms in total. The van der Waals surface area contributed by atoms with Crippen LogP contribution in [0.4, 0.5) is 30.4 Å². The minimum Gasteiger partial charge on any atom is -0.368 e. The molecule has 0 radical (unpaired) electrons. The number of hydrogen-bond acceptors (Lipinski definition) is 6. The van der Waals surface area contributed by atoms with Gasteiger partial charge in [-0.2, -0.15) is 0 Å². The van der Waals surface area contributed by atoms with E-state index in [2.05, 4.69) is 25.1 Å². The van der Waals surface area contributed by atoms with Crippen LogP contribution < -0.4 is 15.1 Å². The molecule has 1 N–H and O–H groups in total. The maximum Gasteiger partial charge on any atom is 0.234 e. The molecule has 10 heteroatoms. The quantitative estimate of drug-likeness (QED) is 0.564. The highest BCUT2D eigenvalue weighted by atomic mass is 32.2. The maximum atomic E-state index is 13.7. The summed E-state index contributed by atoms with van der Waals surface area (Å²) in [5.74, 6) is -1.44. The van der Waals surface area contributed by atoms with Crippen LogP contribution in [0.3, 0.4) is 0 Å². The molecule has 0 bridgehead atoms. The van der Waals surface area contributed by atoms with Crippen molar-refractivity contribution in [1.29, 1.82) is 0 Å². The summed E-state index contributed by atoms with van der Waals surface area (Å²) in [5, 5.41) is 2.96. The summed E-state index contributed by atoms with van der Waals surface area (Å²) in [5.41, 5.74) is 0.757. The summed E-state index contributed by atoms with van der Waals surface area (Å²) in [6.07, 6.45) is 3.14. The highest BCUT2D eigenvalue weighted by Crippen LogP contribution is 2.28. The van der Waals surface area contributed by atoms with Crippen molar-refractivity contribution in [2.45, 2.75) is 5.03 Å². The van der Waals surface area contributed by atoms with Gasteiger partial charge in [-0.05, 0) is 36.4 Å². The summed E-state index contributed by atoms with van der Waals surface area (Å²) in [7, 11) is 0. The summed E-state index contributed by atoms with van der Waals surface area (Å²) < 4.78 is 40.2. The Balaban J connectivity index is 1.36. The number of thioether (sulfide) groups is 1. The first kappa shape index (κ1) is 21.9. The summed E-state index contributed by atoms with van der Waals surface area (Å²) in [6, 6.07) is 9.29. The van der Waals surface area contributed by atoms with Gasteiger partial charge in [-0.1, -0.05) is 11.8 Å². The molecule has 1 fully saturated rings.